The minimum atomic E-state index is 0.579. The first-order chi connectivity index (χ1) is 34.5. The molecule has 0 unspecified atom stereocenters. The highest BCUT2D eigenvalue weighted by molar-refractivity contribution is 6.13. The van der Waals surface area contributed by atoms with Crippen molar-refractivity contribution in [2.45, 2.75) is 41.5 Å². The van der Waals surface area contributed by atoms with Crippen molar-refractivity contribution in [2.24, 2.45) is 0 Å². The Bertz CT molecular complexity index is 3680. The van der Waals surface area contributed by atoms with Gasteiger partial charge in [-0.3, -0.25) is 0 Å². The number of rotatable bonds is 8. The summed E-state index contributed by atoms with van der Waals surface area (Å²) in [5.74, 6) is 0.623. The van der Waals surface area contributed by atoms with E-state index in [0.29, 0.717) is 17.0 Å². The quantitative estimate of drug-likeness (QED) is 0.152. The topological polar surface area (TPSA) is 78.3 Å². The average Bonchev–Trinajstić information content (AvgIpc) is 3.70. The summed E-state index contributed by atoms with van der Waals surface area (Å²) in [6.07, 6.45) is 0. The summed E-state index contributed by atoms with van der Waals surface area (Å²) in [4.78, 5) is 10.5. The Hall–Kier alpha value is -9.16. The second kappa shape index (κ2) is 18.1. The van der Waals surface area contributed by atoms with Gasteiger partial charge in [-0.1, -0.05) is 132 Å². The van der Waals surface area contributed by atoms with Gasteiger partial charge < -0.3 is 4.57 Å². The van der Waals surface area contributed by atoms with E-state index < -0.39 is 0 Å². The minimum Gasteiger partial charge on any atom is -0.308 e. The van der Waals surface area contributed by atoms with E-state index in [-0.39, 0.29) is 0 Å². The molecule has 0 saturated carbocycles. The molecule has 0 amide bonds. The molecule has 5 nitrogen and oxygen atoms in total. The Morgan fingerprint density at radius 1 is 0.366 bits per heavy atom. The third-order valence-corrected chi connectivity index (χ3v) is 13.8. The summed E-state index contributed by atoms with van der Waals surface area (Å²) in [6.45, 7) is 13.2. The molecular weight excluding hydrogens is 863 g/mol. The maximum Gasteiger partial charge on any atom is 0.160 e. The van der Waals surface area contributed by atoms with Crippen LogP contribution in [0.2, 0.25) is 0 Å². The van der Waals surface area contributed by atoms with Crippen LogP contribution in [-0.4, -0.2) is 14.5 Å². The van der Waals surface area contributed by atoms with Crippen LogP contribution in [0.3, 0.4) is 0 Å². The highest BCUT2D eigenvalue weighted by Gasteiger charge is 2.24. The lowest BCUT2D eigenvalue weighted by atomic mass is 9.91. The van der Waals surface area contributed by atoms with Gasteiger partial charge in [-0.15, -0.1) is 0 Å². The second-order valence-electron chi connectivity index (χ2n) is 18.8. The Morgan fingerprint density at radius 3 is 1.18 bits per heavy atom. The summed E-state index contributed by atoms with van der Waals surface area (Å²) in [6, 6.07) is 70.3. The first kappa shape index (κ1) is 44.4. The maximum atomic E-state index is 10.0. The smallest absolute Gasteiger partial charge is 0.160 e. The molecule has 2 heterocycles. The SMILES string of the molecule is Cc1cc(C)c(-c2ccc3c(c2)c2cc(-c4c(C)cc(C)cc4C)ccc2n3-c2c(-c3ccc(C#N)cc3)cc(-c3cc(-c4ccccc4)nc(-c4ccccc4)n3)cc2-c2ccc(C#N)cc2)c(C)c1. The average molecular weight is 912 g/mol. The van der Waals surface area contributed by atoms with Crippen LogP contribution < -0.4 is 0 Å². The van der Waals surface area contributed by atoms with Crippen LogP contribution in [0.5, 0.6) is 0 Å². The third-order valence-electron chi connectivity index (χ3n) is 13.8. The molecule has 2 aromatic heterocycles. The van der Waals surface area contributed by atoms with E-state index in [4.69, 9.17) is 9.97 Å². The molecule has 11 rings (SSSR count). The van der Waals surface area contributed by atoms with Crippen LogP contribution >= 0.6 is 0 Å². The molecule has 0 saturated heterocycles. The number of benzene rings is 9. The van der Waals surface area contributed by atoms with E-state index in [9.17, 15) is 10.5 Å². The maximum absolute atomic E-state index is 10.0. The molecule has 0 N–H and O–H groups in total. The molecule has 0 fully saturated rings. The summed E-state index contributed by atoms with van der Waals surface area (Å²) >= 11 is 0. The van der Waals surface area contributed by atoms with E-state index >= 15 is 0 Å². The lowest BCUT2D eigenvalue weighted by molar-refractivity contribution is 1.17. The van der Waals surface area contributed by atoms with Crippen molar-refractivity contribution >= 4 is 21.8 Å². The van der Waals surface area contributed by atoms with Gasteiger partial charge in [0.25, 0.3) is 0 Å². The van der Waals surface area contributed by atoms with Crippen LogP contribution in [0, 0.1) is 64.2 Å². The number of aromatic nitrogens is 3. The van der Waals surface area contributed by atoms with Gasteiger partial charge in [0.2, 0.25) is 0 Å². The molecular formula is C66H49N5. The molecule has 0 spiro atoms. The monoisotopic (exact) mass is 911 g/mol. The summed E-state index contributed by atoms with van der Waals surface area (Å²) in [5, 5.41) is 22.3. The standard InChI is InChI=1S/C66H49N5/c1-40-29-42(3)63(43(4)30-40)52-25-27-61-57(33-52)58-34-53(64-44(5)31-41(2)32-45(64)6)26-28-62(58)71(61)65-55(48-21-17-46(38-67)18-22-48)35-54(36-56(65)49-23-19-47(39-68)20-24-49)60-37-59(50-13-9-7-10-14-50)69-66(70-60)51-15-11-8-12-16-51/h7-37H,1-6H3. The number of aryl methyl sites for hydroxylation is 6. The van der Waals surface area contributed by atoms with Crippen LogP contribution in [0.4, 0.5) is 0 Å². The van der Waals surface area contributed by atoms with E-state index in [2.05, 4.69) is 149 Å². The Balaban J connectivity index is 1.27. The van der Waals surface area contributed by atoms with Crippen molar-refractivity contribution in [2.75, 3.05) is 0 Å². The van der Waals surface area contributed by atoms with Gasteiger partial charge in [-0.25, -0.2) is 9.97 Å². The fourth-order valence-electron chi connectivity index (χ4n) is 10.8. The van der Waals surface area contributed by atoms with Gasteiger partial charge in [0.15, 0.2) is 5.82 Å². The number of fused-ring (bicyclic) bond motifs is 3. The third kappa shape index (κ3) is 8.14. The van der Waals surface area contributed by atoms with Gasteiger partial charge >= 0.3 is 0 Å². The molecule has 71 heavy (non-hydrogen) atoms. The van der Waals surface area contributed by atoms with Gasteiger partial charge in [0, 0.05) is 38.6 Å². The zero-order valence-electron chi connectivity index (χ0n) is 40.6. The number of nitrogens with zero attached hydrogens (tertiary/aromatic N) is 5. The Labute approximate surface area is 415 Å². The molecule has 5 heteroatoms. The number of hydrogen-bond acceptors (Lipinski definition) is 4. The minimum absolute atomic E-state index is 0.579. The van der Waals surface area contributed by atoms with Crippen LogP contribution in [-0.2, 0) is 0 Å². The summed E-state index contributed by atoms with van der Waals surface area (Å²) in [5.41, 5.74) is 24.7. The van der Waals surface area contributed by atoms with E-state index in [1.807, 2.05) is 97.1 Å². The van der Waals surface area contributed by atoms with E-state index in [1.165, 1.54) is 55.6 Å². The molecule has 11 aromatic rings. The predicted molar refractivity (Wildman–Crippen MR) is 292 cm³/mol. The molecule has 0 aliphatic rings. The molecule has 0 bridgehead atoms. The van der Waals surface area contributed by atoms with Gasteiger partial charge in [0.1, 0.15) is 0 Å². The van der Waals surface area contributed by atoms with E-state index in [1.54, 1.807) is 0 Å². The van der Waals surface area contributed by atoms with Crippen LogP contribution in [0.15, 0.2) is 188 Å². The van der Waals surface area contributed by atoms with Crippen molar-refractivity contribution in [3.63, 3.8) is 0 Å². The number of hydrogen-bond donors (Lipinski definition) is 0. The lowest BCUT2D eigenvalue weighted by Gasteiger charge is -2.22. The van der Waals surface area contributed by atoms with Crippen molar-refractivity contribution in [1.82, 2.24) is 14.5 Å². The Morgan fingerprint density at radius 2 is 0.761 bits per heavy atom. The predicted octanol–water partition coefficient (Wildman–Crippen LogP) is 16.8. The summed E-state index contributed by atoms with van der Waals surface area (Å²) in [7, 11) is 0. The van der Waals surface area contributed by atoms with Gasteiger partial charge in [-0.2, -0.15) is 10.5 Å². The lowest BCUT2D eigenvalue weighted by Crippen LogP contribution is -2.03. The zero-order chi connectivity index (χ0) is 48.9. The second-order valence-corrected chi connectivity index (χ2v) is 18.8. The Kier molecular flexibility index (Phi) is 11.3. The van der Waals surface area contributed by atoms with Crippen molar-refractivity contribution in [3.05, 3.63) is 233 Å². The molecule has 0 aliphatic heterocycles. The highest BCUT2D eigenvalue weighted by Crippen LogP contribution is 2.46. The van der Waals surface area contributed by atoms with Crippen LogP contribution in [0.1, 0.15) is 44.5 Å². The van der Waals surface area contributed by atoms with Gasteiger partial charge in [0.05, 0.1) is 51.4 Å². The largest absolute Gasteiger partial charge is 0.308 e. The molecule has 0 aliphatic carbocycles. The molecule has 0 atom stereocenters. The van der Waals surface area contributed by atoms with Crippen molar-refractivity contribution in [1.29, 1.82) is 10.5 Å². The molecule has 338 valence electrons. The summed E-state index contributed by atoms with van der Waals surface area (Å²) < 4.78 is 2.43. The normalized spacial score (nSPS) is 11.2. The highest BCUT2D eigenvalue weighted by atomic mass is 15.0. The fraction of sp³-hybridized carbons (Fsp3) is 0.0909. The zero-order valence-corrected chi connectivity index (χ0v) is 40.6. The van der Waals surface area contributed by atoms with Crippen molar-refractivity contribution < 1.29 is 0 Å². The van der Waals surface area contributed by atoms with Crippen LogP contribution in [0.25, 0.3) is 106 Å². The first-order valence-corrected chi connectivity index (χ1v) is 24.0. The fourth-order valence-corrected chi connectivity index (χ4v) is 10.8. The molecule has 0 radical (unpaired) electrons. The number of nitriles is 2. The van der Waals surface area contributed by atoms with E-state index in [0.717, 1.165) is 77.8 Å². The first-order valence-electron chi connectivity index (χ1n) is 24.0. The van der Waals surface area contributed by atoms with Crippen molar-refractivity contribution in [3.8, 4) is 96.2 Å². The molecule has 9 aromatic carbocycles. The van der Waals surface area contributed by atoms with Gasteiger partial charge in [-0.05, 0) is 164 Å².